The van der Waals surface area contributed by atoms with Crippen molar-refractivity contribution >= 4 is 17.1 Å². The van der Waals surface area contributed by atoms with Gasteiger partial charge >= 0.3 is 0 Å². The van der Waals surface area contributed by atoms with E-state index in [1.54, 1.807) is 7.11 Å². The third-order valence-corrected chi connectivity index (χ3v) is 3.97. The smallest absolute Gasteiger partial charge is 0.173 e. The highest BCUT2D eigenvalue weighted by Crippen LogP contribution is 2.19. The van der Waals surface area contributed by atoms with Gasteiger partial charge in [-0.1, -0.05) is 12.1 Å². The van der Waals surface area contributed by atoms with Crippen molar-refractivity contribution in [2.24, 2.45) is 0 Å². The Morgan fingerprint density at radius 3 is 2.50 bits per heavy atom. The van der Waals surface area contributed by atoms with Gasteiger partial charge in [0.1, 0.15) is 5.75 Å². The van der Waals surface area contributed by atoms with E-state index in [-0.39, 0.29) is 5.78 Å². The number of aryl methyl sites for hydroxylation is 2. The summed E-state index contributed by atoms with van der Waals surface area (Å²) >= 11 is 1.53. The maximum absolute atomic E-state index is 12.0. The summed E-state index contributed by atoms with van der Waals surface area (Å²) < 4.78 is 5.10. The van der Waals surface area contributed by atoms with Gasteiger partial charge in [-0.25, -0.2) is 0 Å². The fourth-order valence-corrected chi connectivity index (χ4v) is 2.72. The summed E-state index contributed by atoms with van der Waals surface area (Å²) in [6.07, 6.45) is 1.34. The first kappa shape index (κ1) is 12.8. The van der Waals surface area contributed by atoms with Gasteiger partial charge in [0.15, 0.2) is 5.78 Å². The van der Waals surface area contributed by atoms with Gasteiger partial charge in [-0.05, 0) is 48.1 Å². The third kappa shape index (κ3) is 2.99. The zero-order chi connectivity index (χ0) is 13.0. The molecule has 0 unspecified atom stereocenters. The number of Topliss-reactive ketones (excluding diaryl/α,β-unsaturated/α-hetero) is 1. The highest BCUT2D eigenvalue weighted by molar-refractivity contribution is 7.12. The van der Waals surface area contributed by atoms with E-state index in [1.165, 1.54) is 16.9 Å². The molecule has 0 atom stereocenters. The zero-order valence-corrected chi connectivity index (χ0v) is 11.4. The van der Waals surface area contributed by atoms with E-state index in [2.05, 4.69) is 0 Å². The third-order valence-electron chi connectivity index (χ3n) is 2.92. The average Bonchev–Trinajstić information content (AvgIpc) is 2.83. The molecular weight excluding hydrogens is 244 g/mol. The van der Waals surface area contributed by atoms with E-state index in [4.69, 9.17) is 4.74 Å². The lowest BCUT2D eigenvalue weighted by Crippen LogP contribution is -2.00. The van der Waals surface area contributed by atoms with E-state index in [1.807, 2.05) is 42.6 Å². The molecule has 0 saturated heterocycles. The van der Waals surface area contributed by atoms with Crippen LogP contribution in [0.5, 0.6) is 5.75 Å². The molecule has 0 saturated carbocycles. The number of carbonyl (C=O) groups is 1. The Kier molecular flexibility index (Phi) is 4.15. The number of hydrogen-bond acceptors (Lipinski definition) is 3. The van der Waals surface area contributed by atoms with E-state index < -0.39 is 0 Å². The van der Waals surface area contributed by atoms with Crippen molar-refractivity contribution in [1.82, 2.24) is 0 Å². The summed E-state index contributed by atoms with van der Waals surface area (Å²) in [5.41, 5.74) is 2.25. The molecule has 3 heteroatoms. The number of hydrogen-bond donors (Lipinski definition) is 0. The SMILES string of the molecule is COc1ccc(CCC(=O)c2sccc2C)cc1. The Hall–Kier alpha value is -1.61. The fraction of sp³-hybridized carbons (Fsp3) is 0.267. The van der Waals surface area contributed by atoms with Gasteiger partial charge in [0.25, 0.3) is 0 Å². The molecule has 18 heavy (non-hydrogen) atoms. The molecule has 0 spiro atoms. The van der Waals surface area contributed by atoms with E-state index >= 15 is 0 Å². The molecular formula is C15H16O2S. The van der Waals surface area contributed by atoms with Crippen molar-refractivity contribution in [3.05, 3.63) is 51.7 Å². The van der Waals surface area contributed by atoms with Crippen LogP contribution >= 0.6 is 11.3 Å². The molecule has 2 aromatic rings. The fourth-order valence-electron chi connectivity index (χ4n) is 1.82. The Morgan fingerprint density at radius 2 is 1.94 bits per heavy atom. The van der Waals surface area contributed by atoms with Crippen LogP contribution in [0.4, 0.5) is 0 Å². The number of ketones is 1. The number of thiophene rings is 1. The lowest BCUT2D eigenvalue weighted by atomic mass is 10.1. The van der Waals surface area contributed by atoms with Crippen molar-refractivity contribution in [3.63, 3.8) is 0 Å². The standard InChI is InChI=1S/C15H16O2S/c1-11-9-10-18-15(11)14(16)8-5-12-3-6-13(17-2)7-4-12/h3-4,6-7,9-10H,5,8H2,1-2H3. The van der Waals surface area contributed by atoms with Crippen LogP contribution in [0.2, 0.25) is 0 Å². The quantitative estimate of drug-likeness (QED) is 0.763. The largest absolute Gasteiger partial charge is 0.497 e. The Bertz CT molecular complexity index is 526. The van der Waals surface area contributed by atoms with Gasteiger partial charge in [0.2, 0.25) is 0 Å². The Morgan fingerprint density at radius 1 is 1.22 bits per heavy atom. The van der Waals surface area contributed by atoms with Crippen molar-refractivity contribution in [2.75, 3.05) is 7.11 Å². The van der Waals surface area contributed by atoms with Gasteiger partial charge in [0.05, 0.1) is 12.0 Å². The maximum atomic E-state index is 12.0. The van der Waals surface area contributed by atoms with Gasteiger partial charge < -0.3 is 4.74 Å². The predicted octanol–water partition coefficient (Wildman–Crippen LogP) is 3.88. The Balaban J connectivity index is 1.95. The topological polar surface area (TPSA) is 26.3 Å². The summed E-state index contributed by atoms with van der Waals surface area (Å²) in [4.78, 5) is 12.9. The summed E-state index contributed by atoms with van der Waals surface area (Å²) in [6, 6.07) is 9.86. The second-order valence-electron chi connectivity index (χ2n) is 4.20. The molecule has 0 aliphatic rings. The van der Waals surface area contributed by atoms with Crippen LogP contribution in [0.15, 0.2) is 35.7 Å². The van der Waals surface area contributed by atoms with Crippen LogP contribution in [0.3, 0.4) is 0 Å². The minimum absolute atomic E-state index is 0.235. The second-order valence-corrected chi connectivity index (χ2v) is 5.12. The van der Waals surface area contributed by atoms with Crippen molar-refractivity contribution < 1.29 is 9.53 Å². The number of carbonyl (C=O) groups excluding carboxylic acids is 1. The molecule has 0 radical (unpaired) electrons. The van der Waals surface area contributed by atoms with Crippen molar-refractivity contribution in [2.45, 2.75) is 19.8 Å². The lowest BCUT2D eigenvalue weighted by Gasteiger charge is -2.03. The van der Waals surface area contributed by atoms with Gasteiger partial charge in [-0.3, -0.25) is 4.79 Å². The van der Waals surface area contributed by atoms with Crippen molar-refractivity contribution in [1.29, 1.82) is 0 Å². The van der Waals surface area contributed by atoms with Crippen LogP contribution in [0, 0.1) is 6.92 Å². The molecule has 0 amide bonds. The number of benzene rings is 1. The second kappa shape index (κ2) is 5.83. The number of rotatable bonds is 5. The monoisotopic (exact) mass is 260 g/mol. The summed E-state index contributed by atoms with van der Waals surface area (Å²) in [6.45, 7) is 1.98. The molecule has 0 N–H and O–H groups in total. The molecule has 0 aliphatic carbocycles. The first-order valence-electron chi connectivity index (χ1n) is 5.91. The highest BCUT2D eigenvalue weighted by Gasteiger charge is 2.10. The molecule has 1 aromatic heterocycles. The number of methoxy groups -OCH3 is 1. The van der Waals surface area contributed by atoms with Crippen molar-refractivity contribution in [3.8, 4) is 5.75 Å². The average molecular weight is 260 g/mol. The Labute approximate surface area is 111 Å². The molecule has 1 heterocycles. The zero-order valence-electron chi connectivity index (χ0n) is 10.6. The van der Waals surface area contributed by atoms with Crippen LogP contribution < -0.4 is 4.74 Å². The first-order chi connectivity index (χ1) is 8.70. The van der Waals surface area contributed by atoms with Gasteiger partial charge in [0, 0.05) is 6.42 Å². The molecule has 1 aromatic carbocycles. The van der Waals surface area contributed by atoms with Crippen LogP contribution in [0.1, 0.15) is 27.2 Å². The molecule has 0 bridgehead atoms. The van der Waals surface area contributed by atoms with Crippen LogP contribution in [-0.4, -0.2) is 12.9 Å². The predicted molar refractivity (Wildman–Crippen MR) is 74.7 cm³/mol. The molecule has 2 nitrogen and oxygen atoms in total. The molecule has 2 rings (SSSR count). The highest BCUT2D eigenvalue weighted by atomic mass is 32.1. The summed E-state index contributed by atoms with van der Waals surface area (Å²) in [5, 5.41) is 1.97. The minimum Gasteiger partial charge on any atom is -0.497 e. The van der Waals surface area contributed by atoms with E-state index in [0.29, 0.717) is 6.42 Å². The van der Waals surface area contributed by atoms with Crippen LogP contribution in [0.25, 0.3) is 0 Å². The minimum atomic E-state index is 0.235. The first-order valence-corrected chi connectivity index (χ1v) is 6.79. The van der Waals surface area contributed by atoms with Gasteiger partial charge in [-0.15, -0.1) is 11.3 Å². The van der Waals surface area contributed by atoms with Gasteiger partial charge in [-0.2, -0.15) is 0 Å². The molecule has 94 valence electrons. The maximum Gasteiger partial charge on any atom is 0.173 e. The molecule has 0 fully saturated rings. The van der Waals surface area contributed by atoms with E-state index in [0.717, 1.165) is 22.6 Å². The summed E-state index contributed by atoms with van der Waals surface area (Å²) in [7, 11) is 1.65. The normalized spacial score (nSPS) is 10.3. The molecule has 0 aliphatic heterocycles. The number of ether oxygens (including phenoxy) is 1. The van der Waals surface area contributed by atoms with E-state index in [9.17, 15) is 4.79 Å². The lowest BCUT2D eigenvalue weighted by molar-refractivity contribution is 0.0986. The summed E-state index contributed by atoms with van der Waals surface area (Å²) in [5.74, 6) is 1.08. The van der Waals surface area contributed by atoms with Crippen LogP contribution in [-0.2, 0) is 6.42 Å².